The summed E-state index contributed by atoms with van der Waals surface area (Å²) in [6.07, 6.45) is -4.66. The molecule has 11 heteroatoms. The molecule has 0 spiro atoms. The molecule has 0 fully saturated rings. The summed E-state index contributed by atoms with van der Waals surface area (Å²) in [5.74, 6) is -1.38. The molecular formula is C23H26ClF3N4O3. The normalized spacial score (nSPS) is 11.3. The second-order valence-corrected chi connectivity index (χ2v) is 8.38. The third-order valence-corrected chi connectivity index (χ3v) is 5.26. The molecule has 0 bridgehead atoms. The largest absolute Gasteiger partial charge is 0.417 e. The number of nitrogens with one attached hydrogen (secondary N) is 2. The zero-order chi connectivity index (χ0) is 25.6. The van der Waals surface area contributed by atoms with E-state index in [9.17, 15) is 27.6 Å². The minimum atomic E-state index is -4.66. The smallest absolute Gasteiger partial charge is 0.335 e. The lowest BCUT2D eigenvalue weighted by atomic mass is 10.1. The summed E-state index contributed by atoms with van der Waals surface area (Å²) in [6, 6.07) is 8.66. The average Bonchev–Trinajstić information content (AvgIpc) is 2.71. The van der Waals surface area contributed by atoms with Crippen molar-refractivity contribution >= 4 is 40.7 Å². The second-order valence-electron chi connectivity index (χ2n) is 7.98. The van der Waals surface area contributed by atoms with Gasteiger partial charge in [0.1, 0.15) is 0 Å². The fourth-order valence-corrected chi connectivity index (χ4v) is 3.39. The number of likely N-dealkylation sites (N-methyl/N-ethyl adjacent to an activating group) is 2. The monoisotopic (exact) mass is 498 g/mol. The maximum absolute atomic E-state index is 13.0. The first-order valence-electron chi connectivity index (χ1n) is 10.2. The molecule has 0 aliphatic carbocycles. The number of nitrogens with zero attached hydrogens (tertiary/aromatic N) is 2. The van der Waals surface area contributed by atoms with Gasteiger partial charge in [-0.25, -0.2) is 0 Å². The lowest BCUT2D eigenvalue weighted by molar-refractivity contribution is -0.137. The highest BCUT2D eigenvalue weighted by molar-refractivity contribution is 6.31. The Bertz CT molecular complexity index is 1060. The summed E-state index contributed by atoms with van der Waals surface area (Å²) in [5.41, 5.74) is 1.36. The molecule has 2 N–H and O–H groups in total. The first kappa shape index (κ1) is 27.1. The zero-order valence-corrected chi connectivity index (χ0v) is 20.0. The third-order valence-electron chi connectivity index (χ3n) is 4.93. The minimum Gasteiger partial charge on any atom is -0.335 e. The predicted molar refractivity (Wildman–Crippen MR) is 125 cm³/mol. The molecule has 184 valence electrons. The maximum Gasteiger partial charge on any atom is 0.417 e. The molecule has 0 radical (unpaired) electrons. The van der Waals surface area contributed by atoms with Crippen molar-refractivity contribution in [3.8, 4) is 0 Å². The number of alkyl halides is 3. The van der Waals surface area contributed by atoms with Crippen LogP contribution >= 0.6 is 11.6 Å². The van der Waals surface area contributed by atoms with Crippen LogP contribution in [0.3, 0.4) is 0 Å². The van der Waals surface area contributed by atoms with E-state index in [1.165, 1.54) is 30.0 Å². The highest BCUT2D eigenvalue weighted by atomic mass is 35.5. The van der Waals surface area contributed by atoms with Crippen molar-refractivity contribution in [1.82, 2.24) is 9.80 Å². The highest BCUT2D eigenvalue weighted by Gasteiger charge is 2.33. The van der Waals surface area contributed by atoms with E-state index in [-0.39, 0.29) is 31.2 Å². The molecule has 0 saturated heterocycles. The van der Waals surface area contributed by atoms with Crippen LogP contribution in [-0.4, -0.2) is 61.3 Å². The fraction of sp³-hybridized carbons (Fsp3) is 0.348. The van der Waals surface area contributed by atoms with Gasteiger partial charge in [-0.2, -0.15) is 13.2 Å². The van der Waals surface area contributed by atoms with Gasteiger partial charge in [0.05, 0.1) is 30.2 Å². The van der Waals surface area contributed by atoms with E-state index in [0.717, 1.165) is 23.3 Å². The van der Waals surface area contributed by atoms with Gasteiger partial charge >= 0.3 is 6.18 Å². The van der Waals surface area contributed by atoms with E-state index in [1.54, 1.807) is 0 Å². The second kappa shape index (κ2) is 11.3. The van der Waals surface area contributed by atoms with Crippen molar-refractivity contribution < 1.29 is 27.6 Å². The summed E-state index contributed by atoms with van der Waals surface area (Å²) >= 11 is 5.57. The fourth-order valence-electron chi connectivity index (χ4n) is 3.17. The molecule has 0 aliphatic rings. The number of hydrogen-bond acceptors (Lipinski definition) is 4. The molecule has 0 unspecified atom stereocenters. The van der Waals surface area contributed by atoms with E-state index < -0.39 is 28.6 Å². The Morgan fingerprint density at radius 3 is 2.09 bits per heavy atom. The molecule has 0 saturated carbocycles. The van der Waals surface area contributed by atoms with Crippen LogP contribution in [0.25, 0.3) is 0 Å². The van der Waals surface area contributed by atoms with Crippen LogP contribution in [0.1, 0.15) is 16.7 Å². The molecule has 34 heavy (non-hydrogen) atoms. The van der Waals surface area contributed by atoms with Crippen LogP contribution in [0.15, 0.2) is 36.4 Å². The van der Waals surface area contributed by atoms with E-state index in [1.807, 2.05) is 32.0 Å². The van der Waals surface area contributed by atoms with Gasteiger partial charge in [0.15, 0.2) is 0 Å². The van der Waals surface area contributed by atoms with Gasteiger partial charge in [-0.15, -0.1) is 0 Å². The number of para-hydroxylation sites is 1. The third kappa shape index (κ3) is 7.74. The summed E-state index contributed by atoms with van der Waals surface area (Å²) in [6.45, 7) is 3.13. The number of rotatable bonds is 8. The maximum atomic E-state index is 13.0. The SMILES string of the molecule is Cc1cccc(C)c1NC(=O)CN(C)C(=O)CN(C)CC(=O)Nc1ccc(Cl)c(C(F)(F)F)c1. The van der Waals surface area contributed by atoms with Crippen molar-refractivity contribution in [2.45, 2.75) is 20.0 Å². The Labute approximate surface area is 200 Å². The molecule has 0 aliphatic heterocycles. The number of anilines is 2. The van der Waals surface area contributed by atoms with Gasteiger partial charge in [0, 0.05) is 18.4 Å². The highest BCUT2D eigenvalue weighted by Crippen LogP contribution is 2.36. The quantitative estimate of drug-likeness (QED) is 0.577. The average molecular weight is 499 g/mol. The van der Waals surface area contributed by atoms with Crippen molar-refractivity contribution in [3.05, 3.63) is 58.1 Å². The van der Waals surface area contributed by atoms with Gasteiger partial charge < -0.3 is 15.5 Å². The van der Waals surface area contributed by atoms with Crippen LogP contribution in [0.5, 0.6) is 0 Å². The standard InChI is InChI=1S/C23H26ClF3N4O3/c1-14-6-5-7-15(2)22(14)29-20(33)12-31(4)21(34)13-30(3)11-19(32)28-16-8-9-18(24)17(10-16)23(25,26)27/h5-10H,11-13H2,1-4H3,(H,28,32)(H,29,33). The van der Waals surface area contributed by atoms with Gasteiger partial charge in [0.25, 0.3) is 0 Å². The Hall–Kier alpha value is -3.11. The molecule has 0 aromatic heterocycles. The molecule has 2 aromatic rings. The van der Waals surface area contributed by atoms with Crippen molar-refractivity contribution in [2.24, 2.45) is 0 Å². The van der Waals surface area contributed by atoms with Crippen LogP contribution in [0.4, 0.5) is 24.5 Å². The lowest BCUT2D eigenvalue weighted by Gasteiger charge is -2.22. The van der Waals surface area contributed by atoms with Crippen molar-refractivity contribution in [2.75, 3.05) is 44.4 Å². The number of amides is 3. The molecular weight excluding hydrogens is 473 g/mol. The molecule has 0 heterocycles. The Morgan fingerprint density at radius 1 is 0.912 bits per heavy atom. The van der Waals surface area contributed by atoms with E-state index >= 15 is 0 Å². The predicted octanol–water partition coefficient (Wildman–Crippen LogP) is 3.94. The molecule has 0 atom stereocenters. The number of aryl methyl sites for hydroxylation is 2. The van der Waals surface area contributed by atoms with Gasteiger partial charge in [-0.05, 0) is 50.2 Å². The Kier molecular flexibility index (Phi) is 9.06. The summed E-state index contributed by atoms with van der Waals surface area (Å²) < 4.78 is 38.9. The molecule has 7 nitrogen and oxygen atoms in total. The van der Waals surface area contributed by atoms with Gasteiger partial charge in [-0.3, -0.25) is 19.3 Å². The minimum absolute atomic E-state index is 0.0678. The molecule has 3 amide bonds. The van der Waals surface area contributed by atoms with Crippen LogP contribution in [0, 0.1) is 13.8 Å². The topological polar surface area (TPSA) is 81.8 Å². The summed E-state index contributed by atoms with van der Waals surface area (Å²) in [7, 11) is 2.97. The number of hydrogen-bond donors (Lipinski definition) is 2. The molecule has 2 rings (SSSR count). The Morgan fingerprint density at radius 2 is 1.50 bits per heavy atom. The van der Waals surface area contributed by atoms with Crippen molar-refractivity contribution in [1.29, 1.82) is 0 Å². The van der Waals surface area contributed by atoms with E-state index in [2.05, 4.69) is 10.6 Å². The van der Waals surface area contributed by atoms with Crippen LogP contribution in [-0.2, 0) is 20.6 Å². The summed E-state index contributed by atoms with van der Waals surface area (Å²) in [5, 5.41) is 4.68. The zero-order valence-electron chi connectivity index (χ0n) is 19.2. The van der Waals surface area contributed by atoms with Crippen LogP contribution in [0.2, 0.25) is 5.02 Å². The lowest BCUT2D eigenvalue weighted by Crippen LogP contribution is -2.42. The summed E-state index contributed by atoms with van der Waals surface area (Å²) in [4.78, 5) is 39.6. The van der Waals surface area contributed by atoms with E-state index in [0.29, 0.717) is 5.69 Å². The number of benzene rings is 2. The number of halogens is 4. The number of carbonyl (C=O) groups is 3. The van der Waals surface area contributed by atoms with Gasteiger partial charge in [0.2, 0.25) is 17.7 Å². The van der Waals surface area contributed by atoms with Crippen molar-refractivity contribution in [3.63, 3.8) is 0 Å². The van der Waals surface area contributed by atoms with E-state index in [4.69, 9.17) is 11.6 Å². The molecule has 2 aromatic carbocycles. The van der Waals surface area contributed by atoms with Crippen LogP contribution < -0.4 is 10.6 Å². The number of carbonyl (C=O) groups excluding carboxylic acids is 3. The first-order chi connectivity index (χ1) is 15.8. The van der Waals surface area contributed by atoms with Gasteiger partial charge in [-0.1, -0.05) is 29.8 Å². The first-order valence-corrected chi connectivity index (χ1v) is 10.6. The Balaban J connectivity index is 1.87.